The van der Waals surface area contributed by atoms with Gasteiger partial charge in [0.15, 0.2) is 0 Å². The Morgan fingerprint density at radius 3 is 2.59 bits per heavy atom. The molecule has 0 fully saturated rings. The van der Waals surface area contributed by atoms with Crippen LogP contribution in [0.2, 0.25) is 0 Å². The summed E-state index contributed by atoms with van der Waals surface area (Å²) in [5, 5.41) is 9.70. The van der Waals surface area contributed by atoms with Gasteiger partial charge in [0.05, 0.1) is 17.1 Å². The van der Waals surface area contributed by atoms with Crippen LogP contribution in [-0.4, -0.2) is 21.0 Å². The van der Waals surface area contributed by atoms with E-state index in [1.165, 1.54) is 16.7 Å². The fourth-order valence-corrected chi connectivity index (χ4v) is 4.27. The highest BCUT2D eigenvalue weighted by Crippen LogP contribution is 2.33. The third-order valence-electron chi connectivity index (χ3n) is 3.85. The minimum Gasteiger partial charge on any atom is -0.347 e. The molecule has 4 rings (SSSR count). The Morgan fingerprint density at radius 2 is 1.89 bits per heavy atom. The van der Waals surface area contributed by atoms with Crippen molar-refractivity contribution in [2.75, 3.05) is 0 Å². The Morgan fingerprint density at radius 1 is 1.11 bits per heavy atom. The van der Waals surface area contributed by atoms with Crippen LogP contribution in [0.25, 0.3) is 32.5 Å². The standard InChI is InChI=1S/C19H16N4O2S2/c1-11-3-8-16(27-11)19-21-15(10-26-19)13-4-6-14(7-5-13)18-22-17(25-23-18)9-20-12(2)24/h3-8,10H,9H2,1-2H3,(H,20,24). The normalized spacial score (nSPS) is 10.9. The molecule has 0 unspecified atom stereocenters. The fraction of sp³-hybridized carbons (Fsp3) is 0.158. The van der Waals surface area contributed by atoms with Gasteiger partial charge < -0.3 is 9.84 Å². The molecule has 0 bridgehead atoms. The minimum absolute atomic E-state index is 0.139. The van der Waals surface area contributed by atoms with Crippen molar-refractivity contribution in [2.24, 2.45) is 0 Å². The van der Waals surface area contributed by atoms with Crippen molar-refractivity contribution in [2.45, 2.75) is 20.4 Å². The predicted octanol–water partition coefficient (Wildman–Crippen LogP) is 4.53. The van der Waals surface area contributed by atoms with E-state index in [0.717, 1.165) is 21.8 Å². The van der Waals surface area contributed by atoms with Crippen molar-refractivity contribution in [1.29, 1.82) is 0 Å². The van der Waals surface area contributed by atoms with Crippen molar-refractivity contribution in [3.8, 4) is 32.5 Å². The van der Waals surface area contributed by atoms with Crippen LogP contribution in [0.5, 0.6) is 0 Å². The van der Waals surface area contributed by atoms with E-state index in [-0.39, 0.29) is 12.5 Å². The average molecular weight is 396 g/mol. The van der Waals surface area contributed by atoms with Crippen LogP contribution in [-0.2, 0) is 11.3 Å². The van der Waals surface area contributed by atoms with Crippen LogP contribution in [0.4, 0.5) is 0 Å². The van der Waals surface area contributed by atoms with Gasteiger partial charge in [0.2, 0.25) is 17.6 Å². The molecule has 0 radical (unpaired) electrons. The number of rotatable bonds is 5. The van der Waals surface area contributed by atoms with E-state index in [1.807, 2.05) is 24.3 Å². The van der Waals surface area contributed by atoms with E-state index in [9.17, 15) is 4.79 Å². The second-order valence-corrected chi connectivity index (χ2v) is 8.09. The van der Waals surface area contributed by atoms with Gasteiger partial charge in [0, 0.05) is 28.3 Å². The summed E-state index contributed by atoms with van der Waals surface area (Å²) < 4.78 is 5.15. The van der Waals surface area contributed by atoms with Gasteiger partial charge in [-0.1, -0.05) is 29.4 Å². The predicted molar refractivity (Wildman–Crippen MR) is 106 cm³/mol. The first-order valence-electron chi connectivity index (χ1n) is 8.28. The topological polar surface area (TPSA) is 80.9 Å². The summed E-state index contributed by atoms with van der Waals surface area (Å²) >= 11 is 3.40. The maximum atomic E-state index is 11.0. The minimum atomic E-state index is -0.139. The molecule has 4 aromatic rings. The van der Waals surface area contributed by atoms with Crippen molar-refractivity contribution >= 4 is 28.6 Å². The highest BCUT2D eigenvalue weighted by Gasteiger charge is 2.11. The number of amides is 1. The fourth-order valence-electron chi connectivity index (χ4n) is 2.50. The molecule has 6 nitrogen and oxygen atoms in total. The number of thiazole rings is 1. The first kappa shape index (κ1) is 17.6. The summed E-state index contributed by atoms with van der Waals surface area (Å²) in [5.74, 6) is 0.731. The zero-order chi connectivity index (χ0) is 18.8. The number of carbonyl (C=O) groups excluding carboxylic acids is 1. The van der Waals surface area contributed by atoms with Gasteiger partial charge in [-0.15, -0.1) is 22.7 Å². The van der Waals surface area contributed by atoms with Gasteiger partial charge in [-0.05, 0) is 19.1 Å². The molecule has 0 spiro atoms. The number of carbonyl (C=O) groups is 1. The number of aryl methyl sites for hydroxylation is 1. The van der Waals surface area contributed by atoms with Crippen molar-refractivity contribution in [3.63, 3.8) is 0 Å². The van der Waals surface area contributed by atoms with Gasteiger partial charge in [-0.3, -0.25) is 4.79 Å². The Hall–Kier alpha value is -2.84. The van der Waals surface area contributed by atoms with Crippen molar-refractivity contribution in [1.82, 2.24) is 20.4 Å². The lowest BCUT2D eigenvalue weighted by atomic mass is 10.1. The highest BCUT2D eigenvalue weighted by molar-refractivity contribution is 7.21. The average Bonchev–Trinajstić information content (AvgIpc) is 3.40. The molecule has 0 aliphatic carbocycles. The first-order valence-corrected chi connectivity index (χ1v) is 9.98. The van der Waals surface area contributed by atoms with Crippen molar-refractivity contribution in [3.05, 3.63) is 52.5 Å². The second kappa shape index (κ2) is 7.42. The molecule has 0 saturated heterocycles. The maximum Gasteiger partial charge on any atom is 0.246 e. The van der Waals surface area contributed by atoms with Crippen molar-refractivity contribution < 1.29 is 9.32 Å². The van der Waals surface area contributed by atoms with Crippen LogP contribution in [0.3, 0.4) is 0 Å². The van der Waals surface area contributed by atoms with Gasteiger partial charge in [-0.2, -0.15) is 4.98 Å². The summed E-state index contributed by atoms with van der Waals surface area (Å²) in [6.45, 7) is 3.77. The second-order valence-electron chi connectivity index (χ2n) is 5.95. The number of benzene rings is 1. The van der Waals surface area contributed by atoms with Gasteiger partial charge in [0.25, 0.3) is 0 Å². The number of thiophene rings is 1. The zero-order valence-electron chi connectivity index (χ0n) is 14.7. The number of aromatic nitrogens is 3. The number of hydrogen-bond acceptors (Lipinski definition) is 7. The largest absolute Gasteiger partial charge is 0.347 e. The van der Waals surface area contributed by atoms with E-state index < -0.39 is 0 Å². The smallest absolute Gasteiger partial charge is 0.246 e. The Kier molecular flexibility index (Phi) is 4.83. The molecule has 3 aromatic heterocycles. The van der Waals surface area contributed by atoms with E-state index in [1.54, 1.807) is 22.7 Å². The van der Waals surface area contributed by atoms with Gasteiger partial charge in [-0.25, -0.2) is 4.98 Å². The Labute approximate surface area is 163 Å². The molecule has 27 heavy (non-hydrogen) atoms. The van der Waals surface area contributed by atoms with Crippen LogP contribution >= 0.6 is 22.7 Å². The lowest BCUT2D eigenvalue weighted by Gasteiger charge is -1.98. The van der Waals surface area contributed by atoms with Crippen LogP contribution in [0.15, 0.2) is 46.3 Å². The molecular formula is C19H16N4O2S2. The molecule has 1 amide bonds. The third kappa shape index (κ3) is 3.96. The summed E-state index contributed by atoms with van der Waals surface area (Å²) in [6, 6.07) is 12.1. The van der Waals surface area contributed by atoms with E-state index in [2.05, 4.69) is 39.9 Å². The summed E-state index contributed by atoms with van der Waals surface area (Å²) in [7, 11) is 0. The van der Waals surface area contributed by atoms with Crippen LogP contribution in [0, 0.1) is 6.92 Å². The summed E-state index contributed by atoms with van der Waals surface area (Å²) in [6.07, 6.45) is 0. The molecule has 0 saturated carbocycles. The van der Waals surface area contributed by atoms with Crippen LogP contribution in [0.1, 0.15) is 17.7 Å². The number of nitrogens with one attached hydrogen (secondary N) is 1. The van der Waals surface area contributed by atoms with Crippen LogP contribution < -0.4 is 5.32 Å². The molecule has 136 valence electrons. The quantitative estimate of drug-likeness (QED) is 0.536. The first-order chi connectivity index (χ1) is 13.1. The lowest BCUT2D eigenvalue weighted by molar-refractivity contribution is -0.119. The Bertz CT molecular complexity index is 1080. The molecule has 8 heteroatoms. The van der Waals surface area contributed by atoms with Gasteiger partial charge >= 0.3 is 0 Å². The molecule has 0 aliphatic heterocycles. The van der Waals surface area contributed by atoms with Gasteiger partial charge in [0.1, 0.15) is 5.01 Å². The SMILES string of the molecule is CC(=O)NCc1nc(-c2ccc(-c3csc(-c4ccc(C)s4)n3)cc2)no1. The number of hydrogen-bond donors (Lipinski definition) is 1. The molecule has 0 atom stereocenters. The maximum absolute atomic E-state index is 11.0. The zero-order valence-corrected chi connectivity index (χ0v) is 16.4. The molecule has 0 aliphatic rings. The lowest BCUT2D eigenvalue weighted by Crippen LogP contribution is -2.18. The molecular weight excluding hydrogens is 380 g/mol. The number of nitrogens with zero attached hydrogens (tertiary/aromatic N) is 3. The van der Waals surface area contributed by atoms with E-state index >= 15 is 0 Å². The summed E-state index contributed by atoms with van der Waals surface area (Å²) in [4.78, 5) is 22.5. The monoisotopic (exact) mass is 396 g/mol. The molecule has 1 N–H and O–H groups in total. The summed E-state index contributed by atoms with van der Waals surface area (Å²) in [5.41, 5.74) is 2.84. The Balaban J connectivity index is 1.51. The molecule has 3 heterocycles. The highest BCUT2D eigenvalue weighted by atomic mass is 32.1. The van der Waals surface area contributed by atoms with E-state index in [0.29, 0.717) is 11.7 Å². The third-order valence-corrected chi connectivity index (χ3v) is 5.86. The van der Waals surface area contributed by atoms with E-state index in [4.69, 9.17) is 9.51 Å². The molecule has 1 aromatic carbocycles.